The van der Waals surface area contributed by atoms with Crippen molar-refractivity contribution in [1.29, 1.82) is 0 Å². The van der Waals surface area contributed by atoms with E-state index in [0.29, 0.717) is 44.4 Å². The molecule has 1 aliphatic heterocycles. The van der Waals surface area contributed by atoms with Crippen molar-refractivity contribution >= 4 is 23.8 Å². The molecule has 0 spiro atoms. The highest BCUT2D eigenvalue weighted by Crippen LogP contribution is 2.22. The number of anilines is 2. The second-order valence-corrected chi connectivity index (χ2v) is 9.92. The Kier molecular flexibility index (Phi) is 7.58. The smallest absolute Gasteiger partial charge is 0.410 e. The van der Waals surface area contributed by atoms with Crippen molar-refractivity contribution in [2.45, 2.75) is 45.6 Å². The van der Waals surface area contributed by atoms with Gasteiger partial charge in [-0.25, -0.2) is 23.9 Å². The van der Waals surface area contributed by atoms with Crippen LogP contribution in [0.1, 0.15) is 40.2 Å². The molecule has 0 aliphatic carbocycles. The molecular formula is C24H33FN6O3. The number of hydrogen-bond donors (Lipinski definition) is 2. The number of urea groups is 1. The highest BCUT2D eigenvalue weighted by Gasteiger charge is 2.27. The normalized spacial score (nSPS) is 14.5. The van der Waals surface area contributed by atoms with Gasteiger partial charge in [0.15, 0.2) is 0 Å². The van der Waals surface area contributed by atoms with Crippen LogP contribution in [0.15, 0.2) is 36.7 Å². The van der Waals surface area contributed by atoms with Gasteiger partial charge in [-0.1, -0.05) is 26.0 Å². The van der Waals surface area contributed by atoms with Gasteiger partial charge in [0, 0.05) is 38.1 Å². The molecule has 2 aromatic rings. The molecule has 2 N–H and O–H groups in total. The van der Waals surface area contributed by atoms with E-state index in [1.54, 1.807) is 29.4 Å². The van der Waals surface area contributed by atoms with E-state index < -0.39 is 5.60 Å². The van der Waals surface area contributed by atoms with E-state index in [1.165, 1.54) is 12.1 Å². The van der Waals surface area contributed by atoms with Crippen LogP contribution in [0, 0.1) is 5.82 Å². The first kappa shape index (κ1) is 25.2. The molecule has 0 atom stereocenters. The zero-order valence-electron chi connectivity index (χ0n) is 20.4. The fourth-order valence-electron chi connectivity index (χ4n) is 3.44. The van der Waals surface area contributed by atoms with Gasteiger partial charge in [0.05, 0.1) is 18.1 Å². The number of carbonyl (C=O) groups is 2. The molecule has 1 aromatic heterocycles. The molecule has 1 saturated heterocycles. The lowest BCUT2D eigenvalue weighted by atomic mass is 9.84. The maximum absolute atomic E-state index is 13.2. The van der Waals surface area contributed by atoms with Crippen LogP contribution in [-0.2, 0) is 10.2 Å². The zero-order valence-corrected chi connectivity index (χ0v) is 20.4. The Morgan fingerprint density at radius 3 is 2.15 bits per heavy atom. The average molecular weight is 473 g/mol. The minimum absolute atomic E-state index is 0.293. The van der Waals surface area contributed by atoms with E-state index in [0.717, 1.165) is 5.56 Å². The molecule has 9 nitrogen and oxygen atoms in total. The third-order valence-electron chi connectivity index (χ3n) is 5.43. The van der Waals surface area contributed by atoms with Crippen LogP contribution in [0.25, 0.3) is 0 Å². The summed E-state index contributed by atoms with van der Waals surface area (Å²) < 4.78 is 18.6. The number of ether oxygens (including phenoxy) is 1. The summed E-state index contributed by atoms with van der Waals surface area (Å²) in [4.78, 5) is 36.9. The number of hydrogen-bond acceptors (Lipinski definition) is 6. The van der Waals surface area contributed by atoms with E-state index in [4.69, 9.17) is 4.74 Å². The molecule has 3 amide bonds. The van der Waals surface area contributed by atoms with Gasteiger partial charge in [0.25, 0.3) is 0 Å². The molecule has 34 heavy (non-hydrogen) atoms. The van der Waals surface area contributed by atoms with Gasteiger partial charge in [-0.2, -0.15) is 0 Å². The van der Waals surface area contributed by atoms with Crippen LogP contribution in [0.3, 0.4) is 0 Å². The van der Waals surface area contributed by atoms with E-state index in [-0.39, 0.29) is 23.4 Å². The number of amides is 3. The Labute approximate surface area is 199 Å². The molecule has 184 valence electrons. The summed E-state index contributed by atoms with van der Waals surface area (Å²) in [5, 5.41) is 5.56. The van der Waals surface area contributed by atoms with Gasteiger partial charge < -0.3 is 25.2 Å². The van der Waals surface area contributed by atoms with Gasteiger partial charge in [-0.05, 0) is 38.5 Å². The number of carbonyl (C=O) groups excluding carboxylic acids is 2. The summed E-state index contributed by atoms with van der Waals surface area (Å²) in [6.07, 6.45) is 2.78. The van der Waals surface area contributed by atoms with Crippen molar-refractivity contribution < 1.29 is 18.7 Å². The van der Waals surface area contributed by atoms with Crippen LogP contribution in [0.4, 0.5) is 25.6 Å². The third kappa shape index (κ3) is 7.03. The lowest BCUT2D eigenvalue weighted by molar-refractivity contribution is 0.0240. The number of rotatable bonds is 5. The Morgan fingerprint density at radius 1 is 1.00 bits per heavy atom. The first-order valence-corrected chi connectivity index (χ1v) is 11.3. The number of benzene rings is 1. The Hall–Kier alpha value is -3.43. The van der Waals surface area contributed by atoms with Crippen LogP contribution in [0.2, 0.25) is 0 Å². The molecule has 0 bridgehead atoms. The number of piperazine rings is 1. The molecule has 1 aromatic carbocycles. The maximum atomic E-state index is 13.2. The summed E-state index contributed by atoms with van der Waals surface area (Å²) >= 11 is 0. The quantitative estimate of drug-likeness (QED) is 0.687. The van der Waals surface area contributed by atoms with Crippen molar-refractivity contribution in [3.05, 3.63) is 48.0 Å². The number of halogens is 1. The van der Waals surface area contributed by atoms with Crippen molar-refractivity contribution in [3.8, 4) is 0 Å². The van der Waals surface area contributed by atoms with Crippen LogP contribution >= 0.6 is 0 Å². The highest BCUT2D eigenvalue weighted by atomic mass is 19.1. The molecule has 10 heteroatoms. The molecule has 0 unspecified atom stereocenters. The largest absolute Gasteiger partial charge is 0.444 e. The van der Waals surface area contributed by atoms with Crippen molar-refractivity contribution in [1.82, 2.24) is 20.2 Å². The maximum Gasteiger partial charge on any atom is 0.410 e. The topological polar surface area (TPSA) is 99.7 Å². The van der Waals surface area contributed by atoms with E-state index in [9.17, 15) is 14.0 Å². The molecule has 1 aliphatic rings. The summed E-state index contributed by atoms with van der Waals surface area (Å²) in [5.74, 6) is 0.242. The van der Waals surface area contributed by atoms with Gasteiger partial charge in [-0.3, -0.25) is 0 Å². The summed E-state index contributed by atoms with van der Waals surface area (Å²) in [6, 6.07) is 5.88. The second-order valence-electron chi connectivity index (χ2n) is 9.92. The zero-order chi connectivity index (χ0) is 24.9. The Balaban J connectivity index is 1.47. The summed E-state index contributed by atoms with van der Waals surface area (Å²) in [5.41, 5.74) is 0.498. The number of aromatic nitrogens is 2. The second kappa shape index (κ2) is 10.2. The molecule has 2 heterocycles. The molecule has 0 saturated carbocycles. The van der Waals surface area contributed by atoms with E-state index in [2.05, 4.69) is 20.6 Å². The van der Waals surface area contributed by atoms with Crippen molar-refractivity contribution in [3.63, 3.8) is 0 Å². The van der Waals surface area contributed by atoms with Crippen LogP contribution < -0.4 is 15.5 Å². The Bertz CT molecular complexity index is 981. The average Bonchev–Trinajstić information content (AvgIpc) is 2.78. The van der Waals surface area contributed by atoms with Crippen molar-refractivity contribution in [2.24, 2.45) is 0 Å². The predicted octanol–water partition coefficient (Wildman–Crippen LogP) is 3.77. The van der Waals surface area contributed by atoms with Gasteiger partial charge in [-0.15, -0.1) is 0 Å². The van der Waals surface area contributed by atoms with Crippen LogP contribution in [-0.4, -0.2) is 65.3 Å². The predicted molar refractivity (Wildman–Crippen MR) is 128 cm³/mol. The SMILES string of the molecule is CC(C)(C)OC(=O)N1CCN(c2ncc(NC(=O)NCC(C)(C)c3ccc(F)cc3)cn2)CC1. The summed E-state index contributed by atoms with van der Waals surface area (Å²) in [7, 11) is 0. The molecule has 0 radical (unpaired) electrons. The molecular weight excluding hydrogens is 439 g/mol. The minimum Gasteiger partial charge on any atom is -0.444 e. The first-order chi connectivity index (χ1) is 15.9. The first-order valence-electron chi connectivity index (χ1n) is 11.3. The monoisotopic (exact) mass is 472 g/mol. The fraction of sp³-hybridized carbons (Fsp3) is 0.500. The van der Waals surface area contributed by atoms with Crippen molar-refractivity contribution in [2.75, 3.05) is 42.9 Å². The fourth-order valence-corrected chi connectivity index (χ4v) is 3.44. The lowest BCUT2D eigenvalue weighted by Gasteiger charge is -2.35. The summed E-state index contributed by atoms with van der Waals surface area (Å²) in [6.45, 7) is 12.1. The standard InChI is InChI=1S/C24H33FN6O3/c1-23(2,3)34-22(33)31-12-10-30(11-13-31)20-26-14-19(15-27-20)29-21(32)28-16-24(4,5)17-6-8-18(25)9-7-17/h6-9,14-15H,10-13,16H2,1-5H3,(H2,28,29,32). The minimum atomic E-state index is -0.525. The number of nitrogens with one attached hydrogen (secondary N) is 2. The van der Waals surface area contributed by atoms with E-state index >= 15 is 0 Å². The lowest BCUT2D eigenvalue weighted by Crippen LogP contribution is -2.50. The van der Waals surface area contributed by atoms with E-state index in [1.807, 2.05) is 39.5 Å². The third-order valence-corrected chi connectivity index (χ3v) is 5.43. The number of nitrogens with zero attached hydrogens (tertiary/aromatic N) is 4. The highest BCUT2D eigenvalue weighted by molar-refractivity contribution is 5.88. The van der Waals surface area contributed by atoms with Gasteiger partial charge >= 0.3 is 12.1 Å². The molecule has 1 fully saturated rings. The van der Waals surface area contributed by atoms with Gasteiger partial charge in [0.2, 0.25) is 5.95 Å². The van der Waals surface area contributed by atoms with Gasteiger partial charge in [0.1, 0.15) is 11.4 Å². The Morgan fingerprint density at radius 2 is 1.59 bits per heavy atom. The van der Waals surface area contributed by atoms with Crippen LogP contribution in [0.5, 0.6) is 0 Å². The molecule has 3 rings (SSSR count).